The van der Waals surface area contributed by atoms with Crippen LogP contribution in [0.25, 0.3) is 16.5 Å². The van der Waals surface area contributed by atoms with Crippen molar-refractivity contribution in [3.05, 3.63) is 91.5 Å². The number of hydrogen-bond acceptors (Lipinski definition) is 8. The summed E-state index contributed by atoms with van der Waals surface area (Å²) in [5.41, 5.74) is -0.628. The molecule has 172 valence electrons. The van der Waals surface area contributed by atoms with E-state index in [-0.39, 0.29) is 45.0 Å². The van der Waals surface area contributed by atoms with E-state index in [0.29, 0.717) is 0 Å². The first-order valence-electron chi connectivity index (χ1n) is 9.83. The van der Waals surface area contributed by atoms with Crippen LogP contribution in [0.1, 0.15) is 27.8 Å². The van der Waals surface area contributed by atoms with Gasteiger partial charge in [0.1, 0.15) is 10.8 Å². The molecule has 0 aliphatic carbocycles. The third-order valence-electron chi connectivity index (χ3n) is 4.76. The van der Waals surface area contributed by atoms with Gasteiger partial charge >= 0.3 is 5.97 Å². The van der Waals surface area contributed by atoms with E-state index in [1.165, 1.54) is 41.8 Å². The van der Waals surface area contributed by atoms with Crippen molar-refractivity contribution in [2.75, 3.05) is 11.9 Å². The zero-order valence-electron chi connectivity index (χ0n) is 17.5. The summed E-state index contributed by atoms with van der Waals surface area (Å²) in [5, 5.41) is 19.4. The molecule has 0 unspecified atom stereocenters. The van der Waals surface area contributed by atoms with Crippen molar-refractivity contribution >= 4 is 44.7 Å². The van der Waals surface area contributed by atoms with Crippen molar-refractivity contribution < 1.29 is 23.6 Å². The third kappa shape index (κ3) is 4.26. The summed E-state index contributed by atoms with van der Waals surface area (Å²) >= 11 is 1.00. The number of carbonyl (C=O) groups excluding carboxylic acids is 2. The van der Waals surface area contributed by atoms with Gasteiger partial charge in [-0.2, -0.15) is 9.78 Å². The molecule has 0 spiro atoms. The highest BCUT2D eigenvalue weighted by atomic mass is 32.1. The van der Waals surface area contributed by atoms with E-state index in [1.807, 2.05) is 0 Å². The largest absolute Gasteiger partial charge is 0.461 e. The Bertz CT molecular complexity index is 1480. The number of non-ortho nitro benzene ring substituents is 1. The van der Waals surface area contributed by atoms with Gasteiger partial charge in [-0.15, -0.1) is 11.3 Å². The molecule has 0 aliphatic heterocycles. The Labute approximate surface area is 194 Å². The van der Waals surface area contributed by atoms with Gasteiger partial charge in [0.25, 0.3) is 17.2 Å². The summed E-state index contributed by atoms with van der Waals surface area (Å²) in [6.45, 7) is 1.69. The van der Waals surface area contributed by atoms with Crippen molar-refractivity contribution in [3.63, 3.8) is 0 Å². The summed E-state index contributed by atoms with van der Waals surface area (Å²) in [7, 11) is 0. The average Bonchev–Trinajstić information content (AvgIpc) is 3.24. The number of hydrogen-bond donors (Lipinski definition) is 1. The van der Waals surface area contributed by atoms with E-state index in [2.05, 4.69) is 10.4 Å². The first-order valence-corrected chi connectivity index (χ1v) is 10.7. The molecule has 2 aromatic heterocycles. The van der Waals surface area contributed by atoms with Crippen LogP contribution in [0.2, 0.25) is 0 Å². The molecule has 0 bridgehead atoms. The second-order valence-corrected chi connectivity index (χ2v) is 7.75. The Kier molecular flexibility index (Phi) is 6.15. The van der Waals surface area contributed by atoms with E-state index >= 15 is 0 Å². The zero-order valence-corrected chi connectivity index (χ0v) is 18.3. The van der Waals surface area contributed by atoms with E-state index in [0.717, 1.165) is 28.2 Å². The van der Waals surface area contributed by atoms with Crippen LogP contribution < -0.4 is 10.9 Å². The molecule has 34 heavy (non-hydrogen) atoms. The number of nitrogens with zero attached hydrogens (tertiary/aromatic N) is 3. The molecule has 0 fully saturated rings. The minimum atomic E-state index is -0.769. The normalized spacial score (nSPS) is 10.8. The molecule has 4 rings (SSSR count). The Morgan fingerprint density at radius 2 is 1.85 bits per heavy atom. The highest BCUT2D eigenvalue weighted by molar-refractivity contribution is 7.16. The molecule has 1 N–H and O–H groups in total. The van der Waals surface area contributed by atoms with Gasteiger partial charge in [-0.3, -0.25) is 19.7 Å². The molecular weight excluding hydrogens is 467 g/mol. The number of fused-ring (bicyclic) bond motifs is 1. The van der Waals surface area contributed by atoms with Gasteiger partial charge in [-0.1, -0.05) is 0 Å². The fraction of sp³-hybridized carbons (Fsp3) is 0.0909. The fourth-order valence-electron chi connectivity index (χ4n) is 3.16. The second-order valence-electron chi connectivity index (χ2n) is 6.87. The van der Waals surface area contributed by atoms with Gasteiger partial charge in [0.2, 0.25) is 0 Å². The van der Waals surface area contributed by atoms with Crippen LogP contribution in [0.15, 0.2) is 58.7 Å². The third-order valence-corrected chi connectivity index (χ3v) is 5.66. The molecule has 1 amide bonds. The molecule has 10 nitrogen and oxygen atoms in total. The molecule has 2 heterocycles. The molecule has 12 heteroatoms. The number of aromatic nitrogens is 2. The van der Waals surface area contributed by atoms with Crippen LogP contribution in [0.3, 0.4) is 0 Å². The monoisotopic (exact) mass is 482 g/mol. The van der Waals surface area contributed by atoms with E-state index in [9.17, 15) is 28.9 Å². The maximum Gasteiger partial charge on any atom is 0.359 e. The minimum Gasteiger partial charge on any atom is -0.461 e. The standard InChI is InChI=1S/C22H15FN4O6S/c1-2-33-22(30)18-16-11-34-20(24-19(28)12-3-7-15(8-4-12)27(31)32)17(16)21(29)26(25-18)14-9-5-13(23)6-10-14/h3-11H,2H2,1H3,(H,24,28). The number of ether oxygens (including phenoxy) is 1. The molecule has 0 saturated heterocycles. The topological polar surface area (TPSA) is 133 Å². The lowest BCUT2D eigenvalue weighted by molar-refractivity contribution is -0.384. The Balaban J connectivity index is 1.82. The summed E-state index contributed by atoms with van der Waals surface area (Å²) in [5.74, 6) is -1.90. The number of nitrogens with one attached hydrogen (secondary N) is 1. The number of nitro groups is 1. The number of nitro benzene ring substituents is 1. The SMILES string of the molecule is CCOC(=O)c1nn(-c2ccc(F)cc2)c(=O)c2c(NC(=O)c3ccc([N+](=O)[O-])cc3)scc12. The number of benzene rings is 2. The summed E-state index contributed by atoms with van der Waals surface area (Å²) in [6, 6.07) is 9.87. The quantitative estimate of drug-likeness (QED) is 0.250. The van der Waals surface area contributed by atoms with Crippen molar-refractivity contribution in [1.29, 1.82) is 0 Å². The molecule has 0 saturated carbocycles. The van der Waals surface area contributed by atoms with Crippen LogP contribution in [0.4, 0.5) is 15.1 Å². The van der Waals surface area contributed by atoms with Crippen LogP contribution >= 0.6 is 11.3 Å². The smallest absolute Gasteiger partial charge is 0.359 e. The lowest BCUT2D eigenvalue weighted by Crippen LogP contribution is -2.25. The first-order chi connectivity index (χ1) is 16.3. The highest BCUT2D eigenvalue weighted by Crippen LogP contribution is 2.31. The van der Waals surface area contributed by atoms with Crippen molar-refractivity contribution in [1.82, 2.24) is 9.78 Å². The van der Waals surface area contributed by atoms with E-state index in [4.69, 9.17) is 4.74 Å². The lowest BCUT2D eigenvalue weighted by atomic mass is 10.2. The van der Waals surface area contributed by atoms with Gasteiger partial charge in [0, 0.05) is 28.5 Å². The number of halogens is 1. The summed E-state index contributed by atoms with van der Waals surface area (Å²) < 4.78 is 19.4. The molecule has 0 aliphatic rings. The number of carbonyl (C=O) groups is 2. The maximum atomic E-state index is 13.4. The number of amides is 1. The number of esters is 1. The minimum absolute atomic E-state index is 0.0163. The molecular formula is C22H15FN4O6S. The predicted molar refractivity (Wildman–Crippen MR) is 122 cm³/mol. The molecule has 4 aromatic rings. The number of rotatable bonds is 6. The maximum absolute atomic E-state index is 13.4. The van der Waals surface area contributed by atoms with Gasteiger partial charge in [0.05, 0.1) is 22.6 Å². The molecule has 0 radical (unpaired) electrons. The Hall–Kier alpha value is -4.45. The summed E-state index contributed by atoms with van der Waals surface area (Å²) in [4.78, 5) is 48.8. The lowest BCUT2D eigenvalue weighted by Gasteiger charge is -2.10. The number of anilines is 1. The van der Waals surface area contributed by atoms with Crippen LogP contribution in [0, 0.1) is 15.9 Å². The molecule has 2 aromatic carbocycles. The average molecular weight is 482 g/mol. The zero-order chi connectivity index (χ0) is 24.4. The van der Waals surface area contributed by atoms with E-state index < -0.39 is 28.2 Å². The predicted octanol–water partition coefficient (Wildman–Crippen LogP) is 3.92. The van der Waals surface area contributed by atoms with Gasteiger partial charge in [-0.05, 0) is 43.3 Å². The number of thiophene rings is 1. The van der Waals surface area contributed by atoms with E-state index in [1.54, 1.807) is 6.92 Å². The van der Waals surface area contributed by atoms with Crippen molar-refractivity contribution in [3.8, 4) is 5.69 Å². The van der Waals surface area contributed by atoms with Gasteiger partial charge in [0.15, 0.2) is 5.69 Å². The van der Waals surface area contributed by atoms with Gasteiger partial charge < -0.3 is 10.1 Å². The van der Waals surface area contributed by atoms with Crippen LogP contribution in [-0.4, -0.2) is 33.2 Å². The Morgan fingerprint density at radius 1 is 1.18 bits per heavy atom. The van der Waals surface area contributed by atoms with Crippen molar-refractivity contribution in [2.45, 2.75) is 6.92 Å². The summed E-state index contributed by atoms with van der Waals surface area (Å²) in [6.07, 6.45) is 0. The van der Waals surface area contributed by atoms with Crippen LogP contribution in [-0.2, 0) is 4.74 Å². The second kappa shape index (κ2) is 9.19. The first kappa shape index (κ1) is 22.7. The molecule has 0 atom stereocenters. The highest BCUT2D eigenvalue weighted by Gasteiger charge is 2.23. The van der Waals surface area contributed by atoms with Crippen LogP contribution in [0.5, 0.6) is 0 Å². The van der Waals surface area contributed by atoms with Crippen molar-refractivity contribution in [2.24, 2.45) is 0 Å². The Morgan fingerprint density at radius 3 is 2.47 bits per heavy atom. The fourth-order valence-corrected chi connectivity index (χ4v) is 4.09. The van der Waals surface area contributed by atoms with Gasteiger partial charge in [-0.25, -0.2) is 9.18 Å².